The van der Waals surface area contributed by atoms with E-state index >= 15 is 0 Å². The van der Waals surface area contributed by atoms with Crippen LogP contribution in [-0.2, 0) is 19.1 Å². The topological polar surface area (TPSA) is 92.8 Å². The number of hydrogen-bond acceptors (Lipinski definition) is 5. The second-order valence-corrected chi connectivity index (χ2v) is 6.86. The molecule has 1 fully saturated rings. The number of imide groups is 1. The molecule has 0 bridgehead atoms. The number of ether oxygens (including phenoxy) is 1. The first-order valence-corrected chi connectivity index (χ1v) is 9.91. The normalized spacial score (nSPS) is 13.7. The number of hydrogen-bond donors (Lipinski definition) is 1. The maximum Gasteiger partial charge on any atom is 0.338 e. The molecular weight excluding hydrogens is 360 g/mol. The summed E-state index contributed by atoms with van der Waals surface area (Å²) in [4.78, 5) is 48.2. The fourth-order valence-corrected chi connectivity index (χ4v) is 2.91. The molecule has 1 saturated heterocycles. The summed E-state index contributed by atoms with van der Waals surface area (Å²) in [7, 11) is 0. The van der Waals surface area contributed by atoms with Crippen LogP contribution in [0.5, 0.6) is 0 Å². The summed E-state index contributed by atoms with van der Waals surface area (Å²) >= 11 is 0. The van der Waals surface area contributed by atoms with Gasteiger partial charge in [0.1, 0.15) is 0 Å². The van der Waals surface area contributed by atoms with Crippen molar-refractivity contribution in [1.82, 2.24) is 4.90 Å². The van der Waals surface area contributed by atoms with Crippen LogP contribution in [0.15, 0.2) is 24.3 Å². The zero-order valence-electron chi connectivity index (χ0n) is 16.4. The Hall–Kier alpha value is -2.70. The Bertz CT molecular complexity index is 683. The number of carbonyl (C=O) groups excluding carboxylic acids is 4. The fourth-order valence-electron chi connectivity index (χ4n) is 2.91. The lowest BCUT2D eigenvalue weighted by Crippen LogP contribution is -2.29. The van der Waals surface area contributed by atoms with Crippen LogP contribution in [-0.4, -0.2) is 41.7 Å². The van der Waals surface area contributed by atoms with Gasteiger partial charge >= 0.3 is 5.97 Å². The average molecular weight is 388 g/mol. The second kappa shape index (κ2) is 11.2. The van der Waals surface area contributed by atoms with Crippen molar-refractivity contribution in [2.45, 2.75) is 58.3 Å². The van der Waals surface area contributed by atoms with Crippen LogP contribution in [0.3, 0.4) is 0 Å². The minimum absolute atomic E-state index is 0.0968. The van der Waals surface area contributed by atoms with E-state index in [1.165, 1.54) is 4.90 Å². The van der Waals surface area contributed by atoms with Crippen molar-refractivity contribution in [3.05, 3.63) is 29.8 Å². The van der Waals surface area contributed by atoms with Crippen LogP contribution < -0.4 is 5.32 Å². The summed E-state index contributed by atoms with van der Waals surface area (Å²) in [5.74, 6) is -0.659. The SMILES string of the molecule is CCCCOC(=O)c1ccc(NC(=O)CCCCCN2C(=O)CCC2=O)cc1. The van der Waals surface area contributed by atoms with Crippen molar-refractivity contribution in [2.75, 3.05) is 18.5 Å². The molecule has 0 aliphatic carbocycles. The number of amides is 3. The molecule has 7 heteroatoms. The van der Waals surface area contributed by atoms with E-state index in [1.54, 1.807) is 24.3 Å². The highest BCUT2D eigenvalue weighted by molar-refractivity contribution is 6.01. The second-order valence-electron chi connectivity index (χ2n) is 6.86. The molecule has 1 aromatic carbocycles. The molecule has 3 amide bonds. The highest BCUT2D eigenvalue weighted by Crippen LogP contribution is 2.14. The van der Waals surface area contributed by atoms with E-state index in [4.69, 9.17) is 4.74 Å². The van der Waals surface area contributed by atoms with Crippen molar-refractivity contribution in [3.8, 4) is 0 Å². The zero-order valence-corrected chi connectivity index (χ0v) is 16.4. The summed E-state index contributed by atoms with van der Waals surface area (Å²) in [5, 5.41) is 2.80. The van der Waals surface area contributed by atoms with E-state index in [-0.39, 0.29) is 23.7 Å². The third kappa shape index (κ3) is 6.79. The first-order chi connectivity index (χ1) is 13.5. The Morgan fingerprint density at radius 3 is 2.32 bits per heavy atom. The van der Waals surface area contributed by atoms with Gasteiger partial charge < -0.3 is 10.1 Å². The summed E-state index contributed by atoms with van der Waals surface area (Å²) in [6, 6.07) is 6.62. The van der Waals surface area contributed by atoms with Crippen molar-refractivity contribution in [2.24, 2.45) is 0 Å². The van der Waals surface area contributed by atoms with Crippen LogP contribution in [0.25, 0.3) is 0 Å². The Morgan fingerprint density at radius 2 is 1.68 bits per heavy atom. The minimum Gasteiger partial charge on any atom is -0.462 e. The van der Waals surface area contributed by atoms with Gasteiger partial charge in [-0.25, -0.2) is 4.79 Å². The first kappa shape index (κ1) is 21.6. The number of carbonyl (C=O) groups is 4. The lowest BCUT2D eigenvalue weighted by molar-refractivity contribution is -0.138. The van der Waals surface area contributed by atoms with E-state index in [2.05, 4.69) is 5.32 Å². The lowest BCUT2D eigenvalue weighted by atomic mass is 10.1. The maximum atomic E-state index is 12.0. The quantitative estimate of drug-likeness (QED) is 0.357. The predicted octanol–water partition coefficient (Wildman–Crippen LogP) is 3.29. The van der Waals surface area contributed by atoms with Crippen LogP contribution in [0.4, 0.5) is 5.69 Å². The predicted molar refractivity (Wildman–Crippen MR) is 105 cm³/mol. The Morgan fingerprint density at radius 1 is 1.00 bits per heavy atom. The monoisotopic (exact) mass is 388 g/mol. The van der Waals surface area contributed by atoms with E-state index in [9.17, 15) is 19.2 Å². The number of anilines is 1. The van der Waals surface area contributed by atoms with Crippen molar-refractivity contribution < 1.29 is 23.9 Å². The van der Waals surface area contributed by atoms with Gasteiger partial charge in [-0.15, -0.1) is 0 Å². The highest BCUT2D eigenvalue weighted by atomic mass is 16.5. The van der Waals surface area contributed by atoms with Crippen LogP contribution >= 0.6 is 0 Å². The Kier molecular flexibility index (Phi) is 8.65. The molecule has 1 N–H and O–H groups in total. The molecule has 1 aliphatic rings. The van der Waals surface area contributed by atoms with E-state index < -0.39 is 0 Å². The van der Waals surface area contributed by atoms with E-state index in [0.717, 1.165) is 19.3 Å². The highest BCUT2D eigenvalue weighted by Gasteiger charge is 2.27. The molecule has 7 nitrogen and oxygen atoms in total. The Balaban J connectivity index is 1.64. The molecular formula is C21H28N2O5. The summed E-state index contributed by atoms with van der Waals surface area (Å²) in [5.41, 5.74) is 1.09. The summed E-state index contributed by atoms with van der Waals surface area (Å²) < 4.78 is 5.14. The van der Waals surface area contributed by atoms with Gasteiger partial charge in [0.05, 0.1) is 12.2 Å². The average Bonchev–Trinajstić information content (AvgIpc) is 3.00. The molecule has 1 heterocycles. The Labute approximate surface area is 165 Å². The smallest absolute Gasteiger partial charge is 0.338 e. The van der Waals surface area contributed by atoms with Crippen molar-refractivity contribution in [1.29, 1.82) is 0 Å². The molecule has 152 valence electrons. The molecule has 28 heavy (non-hydrogen) atoms. The number of unbranched alkanes of at least 4 members (excludes halogenated alkanes) is 3. The van der Waals surface area contributed by atoms with Gasteiger partial charge in [0.25, 0.3) is 0 Å². The van der Waals surface area contributed by atoms with Crippen molar-refractivity contribution >= 4 is 29.4 Å². The maximum absolute atomic E-state index is 12.0. The molecule has 0 aromatic heterocycles. The van der Waals surface area contributed by atoms with E-state index in [1.807, 2.05) is 6.92 Å². The van der Waals surface area contributed by atoms with E-state index in [0.29, 0.717) is 56.5 Å². The van der Waals surface area contributed by atoms with Gasteiger partial charge in [-0.05, 0) is 43.5 Å². The minimum atomic E-state index is -0.360. The number of nitrogens with zero attached hydrogens (tertiary/aromatic N) is 1. The van der Waals surface area contributed by atoms with Gasteiger partial charge in [0.2, 0.25) is 17.7 Å². The fraction of sp³-hybridized carbons (Fsp3) is 0.524. The summed E-state index contributed by atoms with van der Waals surface area (Å²) in [6.07, 6.45) is 4.96. The molecule has 0 spiro atoms. The molecule has 0 radical (unpaired) electrons. The van der Waals surface area contributed by atoms with Gasteiger partial charge in [0, 0.05) is 31.5 Å². The summed E-state index contributed by atoms with van der Waals surface area (Å²) in [6.45, 7) is 2.88. The molecule has 0 saturated carbocycles. The molecule has 1 aromatic rings. The van der Waals surface area contributed by atoms with Crippen molar-refractivity contribution in [3.63, 3.8) is 0 Å². The first-order valence-electron chi connectivity index (χ1n) is 9.91. The molecule has 0 atom stereocenters. The number of nitrogens with one attached hydrogen (secondary N) is 1. The number of rotatable bonds is 11. The molecule has 0 unspecified atom stereocenters. The standard InChI is InChI=1S/C21H28N2O5/c1-2-3-15-28-21(27)16-8-10-17(11-9-16)22-18(24)7-5-4-6-14-23-19(25)12-13-20(23)26/h8-11H,2-7,12-15H2,1H3,(H,22,24). The third-order valence-electron chi connectivity index (χ3n) is 4.58. The van der Waals surface area contributed by atoms with Gasteiger partial charge in [-0.3, -0.25) is 19.3 Å². The van der Waals surface area contributed by atoms with Gasteiger partial charge in [0.15, 0.2) is 0 Å². The van der Waals surface area contributed by atoms with Gasteiger partial charge in [-0.2, -0.15) is 0 Å². The lowest BCUT2D eigenvalue weighted by Gasteiger charge is -2.13. The van der Waals surface area contributed by atoms with Crippen LogP contribution in [0.1, 0.15) is 68.6 Å². The third-order valence-corrected chi connectivity index (χ3v) is 4.58. The van der Waals surface area contributed by atoms with Gasteiger partial charge in [-0.1, -0.05) is 19.8 Å². The number of esters is 1. The number of benzene rings is 1. The molecule has 1 aliphatic heterocycles. The zero-order chi connectivity index (χ0) is 20.4. The number of likely N-dealkylation sites (tertiary alicyclic amines) is 1. The molecule has 2 rings (SSSR count). The largest absolute Gasteiger partial charge is 0.462 e. The van der Waals surface area contributed by atoms with Crippen LogP contribution in [0.2, 0.25) is 0 Å². The van der Waals surface area contributed by atoms with Crippen LogP contribution in [0, 0.1) is 0 Å².